The Balaban J connectivity index is 1.78. The average Bonchev–Trinajstić information content (AvgIpc) is 2.49. The Bertz CT molecular complexity index is 409. The predicted molar refractivity (Wildman–Crippen MR) is 76.5 cm³/mol. The van der Waals surface area contributed by atoms with Crippen molar-refractivity contribution in [1.29, 1.82) is 0 Å². The molecule has 1 amide bonds. The quantitative estimate of drug-likeness (QED) is 0.860. The molecular formula is C15H22N2O3. The Hall–Kier alpha value is -1.59. The van der Waals surface area contributed by atoms with Crippen LogP contribution >= 0.6 is 0 Å². The van der Waals surface area contributed by atoms with Crippen LogP contribution < -0.4 is 10.6 Å². The predicted octanol–water partition coefficient (Wildman–Crippen LogP) is 1.68. The summed E-state index contributed by atoms with van der Waals surface area (Å²) in [4.78, 5) is 11.8. The van der Waals surface area contributed by atoms with Crippen molar-refractivity contribution in [3.8, 4) is 0 Å². The lowest BCUT2D eigenvalue weighted by Gasteiger charge is -2.32. The van der Waals surface area contributed by atoms with E-state index < -0.39 is 0 Å². The maximum absolute atomic E-state index is 11.8. The van der Waals surface area contributed by atoms with Gasteiger partial charge in [0.1, 0.15) is 6.61 Å². The highest BCUT2D eigenvalue weighted by atomic mass is 16.5. The lowest BCUT2D eigenvalue weighted by atomic mass is 10.0. The number of alkyl carbamates (subject to hydrolysis) is 1. The normalized spacial score (nSPS) is 22.2. The second kappa shape index (κ2) is 7.87. The van der Waals surface area contributed by atoms with Gasteiger partial charge in [0, 0.05) is 13.2 Å². The molecule has 0 unspecified atom stereocenters. The fourth-order valence-electron chi connectivity index (χ4n) is 2.30. The summed E-state index contributed by atoms with van der Waals surface area (Å²) in [7, 11) is 0. The van der Waals surface area contributed by atoms with Crippen molar-refractivity contribution in [1.82, 2.24) is 10.6 Å². The zero-order valence-corrected chi connectivity index (χ0v) is 11.8. The van der Waals surface area contributed by atoms with Gasteiger partial charge in [0.15, 0.2) is 0 Å². The van der Waals surface area contributed by atoms with Crippen molar-refractivity contribution in [2.75, 3.05) is 19.7 Å². The van der Waals surface area contributed by atoms with Crippen molar-refractivity contribution in [3.05, 3.63) is 35.9 Å². The van der Waals surface area contributed by atoms with Crippen LogP contribution in [-0.2, 0) is 16.1 Å². The number of carbonyl (C=O) groups excluding carboxylic acids is 1. The second-order valence-corrected chi connectivity index (χ2v) is 4.80. The van der Waals surface area contributed by atoms with Gasteiger partial charge in [-0.15, -0.1) is 0 Å². The van der Waals surface area contributed by atoms with Crippen LogP contribution in [0, 0.1) is 0 Å². The van der Waals surface area contributed by atoms with Crippen molar-refractivity contribution in [2.24, 2.45) is 0 Å². The van der Waals surface area contributed by atoms with E-state index in [1.54, 1.807) is 0 Å². The van der Waals surface area contributed by atoms with Crippen molar-refractivity contribution in [2.45, 2.75) is 32.1 Å². The minimum absolute atomic E-state index is 0.0121. The van der Waals surface area contributed by atoms with Crippen molar-refractivity contribution >= 4 is 6.09 Å². The fourth-order valence-corrected chi connectivity index (χ4v) is 2.30. The number of piperidine rings is 1. The molecule has 0 spiro atoms. The average molecular weight is 278 g/mol. The highest BCUT2D eigenvalue weighted by Crippen LogP contribution is 2.09. The molecule has 1 heterocycles. The summed E-state index contributed by atoms with van der Waals surface area (Å²) in [6.45, 7) is 4.53. The summed E-state index contributed by atoms with van der Waals surface area (Å²) in [5.41, 5.74) is 0.981. The van der Waals surface area contributed by atoms with Crippen LogP contribution in [0.5, 0.6) is 0 Å². The van der Waals surface area contributed by atoms with Gasteiger partial charge < -0.3 is 20.1 Å². The smallest absolute Gasteiger partial charge is 0.407 e. The maximum atomic E-state index is 11.8. The molecule has 1 aromatic rings. The van der Waals surface area contributed by atoms with Crippen molar-refractivity contribution < 1.29 is 14.3 Å². The summed E-state index contributed by atoms with van der Waals surface area (Å²) in [5.74, 6) is 0. The molecule has 20 heavy (non-hydrogen) atoms. The number of hydrogen-bond donors (Lipinski definition) is 2. The molecule has 1 fully saturated rings. The molecule has 5 nitrogen and oxygen atoms in total. The number of hydrogen-bond acceptors (Lipinski definition) is 4. The number of benzene rings is 1. The number of amides is 1. The Morgan fingerprint density at radius 3 is 2.95 bits per heavy atom. The summed E-state index contributed by atoms with van der Waals surface area (Å²) in [5, 5.41) is 6.16. The zero-order chi connectivity index (χ0) is 14.2. The third-order valence-electron chi connectivity index (χ3n) is 3.32. The SMILES string of the molecule is CCO[C@H]1CNCC[C@H]1NC(=O)OCc1ccccc1. The van der Waals surface area contributed by atoms with Gasteiger partial charge in [-0.3, -0.25) is 0 Å². The summed E-state index contributed by atoms with van der Waals surface area (Å²) < 4.78 is 10.9. The third kappa shape index (κ3) is 4.51. The van der Waals surface area contributed by atoms with Crippen LogP contribution in [0.1, 0.15) is 18.9 Å². The molecule has 2 rings (SSSR count). The van der Waals surface area contributed by atoms with E-state index in [1.807, 2.05) is 37.3 Å². The van der Waals surface area contributed by atoms with Gasteiger partial charge in [-0.1, -0.05) is 30.3 Å². The minimum Gasteiger partial charge on any atom is -0.445 e. The highest BCUT2D eigenvalue weighted by Gasteiger charge is 2.27. The minimum atomic E-state index is -0.384. The van der Waals surface area contributed by atoms with Crippen LogP contribution in [0.3, 0.4) is 0 Å². The standard InChI is InChI=1S/C15H22N2O3/c1-2-19-14-10-16-9-8-13(14)17-15(18)20-11-12-6-4-3-5-7-12/h3-7,13-14,16H,2,8-11H2,1H3,(H,17,18)/t13-,14+/m1/s1. The van der Waals surface area contributed by atoms with Crippen molar-refractivity contribution in [3.63, 3.8) is 0 Å². The van der Waals surface area contributed by atoms with E-state index in [0.29, 0.717) is 6.61 Å². The van der Waals surface area contributed by atoms with Gasteiger partial charge in [-0.25, -0.2) is 4.79 Å². The molecule has 5 heteroatoms. The number of nitrogens with one attached hydrogen (secondary N) is 2. The van der Waals surface area contributed by atoms with E-state index in [-0.39, 0.29) is 24.8 Å². The molecule has 1 saturated heterocycles. The maximum Gasteiger partial charge on any atom is 0.407 e. The summed E-state index contributed by atoms with van der Waals surface area (Å²) >= 11 is 0. The van der Waals surface area contributed by atoms with Gasteiger partial charge in [-0.05, 0) is 25.5 Å². The third-order valence-corrected chi connectivity index (χ3v) is 3.32. The van der Waals surface area contributed by atoms with Gasteiger partial charge >= 0.3 is 6.09 Å². The van der Waals surface area contributed by atoms with E-state index >= 15 is 0 Å². The first-order chi connectivity index (χ1) is 9.79. The van der Waals surface area contributed by atoms with E-state index in [2.05, 4.69) is 10.6 Å². The van der Waals surface area contributed by atoms with Gasteiger partial charge in [0.05, 0.1) is 12.1 Å². The second-order valence-electron chi connectivity index (χ2n) is 4.80. The molecule has 0 saturated carbocycles. The lowest BCUT2D eigenvalue weighted by Crippen LogP contribution is -2.53. The van der Waals surface area contributed by atoms with E-state index in [0.717, 1.165) is 25.1 Å². The largest absolute Gasteiger partial charge is 0.445 e. The Kier molecular flexibility index (Phi) is 5.83. The molecule has 0 radical (unpaired) electrons. The number of carbonyl (C=O) groups is 1. The lowest BCUT2D eigenvalue weighted by molar-refractivity contribution is 0.0195. The molecule has 1 aliphatic heterocycles. The summed E-state index contributed by atoms with van der Waals surface area (Å²) in [6, 6.07) is 9.66. The van der Waals surface area contributed by atoms with Gasteiger partial charge in [0.2, 0.25) is 0 Å². The highest BCUT2D eigenvalue weighted by molar-refractivity contribution is 5.67. The zero-order valence-electron chi connectivity index (χ0n) is 11.8. The molecule has 2 atom stereocenters. The van der Waals surface area contributed by atoms with Crippen LogP contribution in [0.25, 0.3) is 0 Å². The first kappa shape index (κ1) is 14.8. The van der Waals surface area contributed by atoms with E-state index in [9.17, 15) is 4.79 Å². The Morgan fingerprint density at radius 2 is 2.20 bits per heavy atom. The number of rotatable bonds is 5. The molecular weight excluding hydrogens is 256 g/mol. The topological polar surface area (TPSA) is 59.6 Å². The molecule has 1 aromatic carbocycles. The van der Waals surface area contributed by atoms with E-state index in [1.165, 1.54) is 0 Å². The Morgan fingerprint density at radius 1 is 1.40 bits per heavy atom. The Labute approximate surface area is 119 Å². The van der Waals surface area contributed by atoms with Crippen LogP contribution in [0.4, 0.5) is 4.79 Å². The molecule has 2 N–H and O–H groups in total. The van der Waals surface area contributed by atoms with Crippen LogP contribution in [-0.4, -0.2) is 37.9 Å². The molecule has 110 valence electrons. The first-order valence-corrected chi connectivity index (χ1v) is 7.09. The monoisotopic (exact) mass is 278 g/mol. The van der Waals surface area contributed by atoms with Gasteiger partial charge in [0.25, 0.3) is 0 Å². The van der Waals surface area contributed by atoms with Crippen LogP contribution in [0.15, 0.2) is 30.3 Å². The molecule has 0 aromatic heterocycles. The first-order valence-electron chi connectivity index (χ1n) is 7.09. The molecule has 0 bridgehead atoms. The van der Waals surface area contributed by atoms with Gasteiger partial charge in [-0.2, -0.15) is 0 Å². The van der Waals surface area contributed by atoms with Crippen LogP contribution in [0.2, 0.25) is 0 Å². The summed E-state index contributed by atoms with van der Waals surface area (Å²) in [6.07, 6.45) is 0.481. The number of ether oxygens (including phenoxy) is 2. The van der Waals surface area contributed by atoms with E-state index in [4.69, 9.17) is 9.47 Å². The molecule has 0 aliphatic carbocycles. The molecule has 1 aliphatic rings. The fraction of sp³-hybridized carbons (Fsp3) is 0.533.